The maximum atomic E-state index is 13.8. The Morgan fingerprint density at radius 2 is 1.66 bits per heavy atom. The largest absolute Gasteiger partial charge is 0.495 e. The maximum absolute atomic E-state index is 13.8. The van der Waals surface area contributed by atoms with Gasteiger partial charge in [0.05, 0.1) is 12.8 Å². The van der Waals surface area contributed by atoms with Gasteiger partial charge in [0.2, 0.25) is 5.91 Å². The molecule has 0 saturated heterocycles. The molecule has 0 N–H and O–H groups in total. The summed E-state index contributed by atoms with van der Waals surface area (Å²) < 4.78 is 34.0. The van der Waals surface area contributed by atoms with Gasteiger partial charge < -0.3 is 9.64 Å². The molecule has 0 saturated carbocycles. The summed E-state index contributed by atoms with van der Waals surface area (Å²) in [7, 11) is -1.14. The number of hydrogen-bond donors (Lipinski definition) is 0. The number of methoxy groups -OCH3 is 1. The normalized spacial score (nSPS) is 11.2. The first-order valence-electron chi connectivity index (χ1n) is 9.90. The van der Waals surface area contributed by atoms with E-state index < -0.39 is 22.5 Å². The van der Waals surface area contributed by atoms with Crippen molar-refractivity contribution in [1.82, 2.24) is 0 Å². The topological polar surface area (TPSA) is 66.9 Å². The first-order valence-corrected chi connectivity index (χ1v) is 11.7. The summed E-state index contributed by atoms with van der Waals surface area (Å²) >= 11 is 6.29. The molecule has 0 bridgehead atoms. The minimum absolute atomic E-state index is 0.0214. The van der Waals surface area contributed by atoms with Crippen molar-refractivity contribution in [3.8, 4) is 5.75 Å². The first kappa shape index (κ1) is 23.6. The molecule has 8 heteroatoms. The minimum atomic E-state index is -4.16. The number of carbonyl (C=O) groups excluding carboxylic acids is 1. The van der Waals surface area contributed by atoms with Crippen LogP contribution in [-0.2, 0) is 14.8 Å². The van der Waals surface area contributed by atoms with E-state index in [-0.39, 0.29) is 10.6 Å². The van der Waals surface area contributed by atoms with Crippen LogP contribution in [0.1, 0.15) is 11.1 Å². The fraction of sp³-hybridized carbons (Fsp3) is 0.208. The van der Waals surface area contributed by atoms with E-state index in [1.54, 1.807) is 56.4 Å². The third-order valence-corrected chi connectivity index (χ3v) is 7.33. The molecule has 0 aliphatic rings. The Hall–Kier alpha value is -3.03. The number of amides is 1. The smallest absolute Gasteiger partial charge is 0.268 e. The van der Waals surface area contributed by atoms with E-state index in [1.165, 1.54) is 18.1 Å². The van der Waals surface area contributed by atoms with Gasteiger partial charge in [-0.15, -0.1) is 0 Å². The number of benzene rings is 3. The lowest BCUT2D eigenvalue weighted by atomic mass is 10.2. The van der Waals surface area contributed by atoms with Gasteiger partial charge in [-0.3, -0.25) is 9.10 Å². The van der Waals surface area contributed by atoms with Gasteiger partial charge >= 0.3 is 0 Å². The van der Waals surface area contributed by atoms with E-state index >= 15 is 0 Å². The summed E-state index contributed by atoms with van der Waals surface area (Å²) in [5, 5.41) is 0.405. The van der Waals surface area contributed by atoms with Gasteiger partial charge in [-0.1, -0.05) is 41.9 Å². The van der Waals surface area contributed by atoms with E-state index in [0.717, 1.165) is 15.4 Å². The van der Waals surface area contributed by atoms with Crippen LogP contribution in [0.15, 0.2) is 71.6 Å². The highest BCUT2D eigenvalue weighted by Gasteiger charge is 2.31. The Kier molecular flexibility index (Phi) is 7.11. The molecular weight excluding hydrogens is 448 g/mol. The molecule has 0 aromatic heterocycles. The standard InChI is InChI=1S/C24H25ClN2O4S/c1-17-10-13-22(31-4)23(14-17)32(29,30)27(20-12-11-18(2)21(25)15-20)16-24(28)26(3)19-8-6-5-7-9-19/h5-15H,16H2,1-4H3. The number of rotatable bonds is 7. The van der Waals surface area contributed by atoms with Crippen LogP contribution in [0.4, 0.5) is 11.4 Å². The second-order valence-electron chi connectivity index (χ2n) is 7.39. The number of nitrogens with zero attached hydrogens (tertiary/aromatic N) is 2. The number of hydrogen-bond acceptors (Lipinski definition) is 4. The van der Waals surface area contributed by atoms with E-state index in [0.29, 0.717) is 16.4 Å². The number of ether oxygens (including phenoxy) is 1. The molecule has 6 nitrogen and oxygen atoms in total. The van der Waals surface area contributed by atoms with E-state index in [2.05, 4.69) is 0 Å². The van der Waals surface area contributed by atoms with Gasteiger partial charge in [0.25, 0.3) is 10.0 Å². The summed E-state index contributed by atoms with van der Waals surface area (Å²) in [6.07, 6.45) is 0. The Bertz CT molecular complexity index is 1230. The number of sulfonamides is 1. The molecule has 0 heterocycles. The molecular formula is C24H25ClN2O4S. The predicted octanol–water partition coefficient (Wildman–Crippen LogP) is 4.82. The summed E-state index contributed by atoms with van der Waals surface area (Å²) in [6, 6.07) is 18.8. The first-order chi connectivity index (χ1) is 15.1. The molecule has 0 spiro atoms. The average Bonchev–Trinajstić information content (AvgIpc) is 2.79. The van der Waals surface area contributed by atoms with Crippen LogP contribution in [0.5, 0.6) is 5.75 Å². The fourth-order valence-corrected chi connectivity index (χ4v) is 5.00. The molecule has 0 unspecified atom stereocenters. The molecule has 0 atom stereocenters. The zero-order valence-electron chi connectivity index (χ0n) is 18.4. The summed E-state index contributed by atoms with van der Waals surface area (Å²) in [6.45, 7) is 3.20. The average molecular weight is 473 g/mol. The molecule has 1 amide bonds. The van der Waals surface area contributed by atoms with Gasteiger partial charge in [0.1, 0.15) is 17.2 Å². The van der Waals surface area contributed by atoms with Crippen LogP contribution in [0.3, 0.4) is 0 Å². The van der Waals surface area contributed by atoms with E-state index in [9.17, 15) is 13.2 Å². The van der Waals surface area contributed by atoms with Crippen LogP contribution < -0.4 is 13.9 Å². The van der Waals surface area contributed by atoms with Crippen molar-refractivity contribution < 1.29 is 17.9 Å². The van der Waals surface area contributed by atoms with Crippen LogP contribution in [0.2, 0.25) is 5.02 Å². The van der Waals surface area contributed by atoms with Crippen molar-refractivity contribution in [3.05, 3.63) is 82.9 Å². The number of para-hydroxylation sites is 1. The van der Waals surface area contributed by atoms with Gasteiger partial charge in [0.15, 0.2) is 0 Å². The van der Waals surface area contributed by atoms with Crippen LogP contribution in [0, 0.1) is 13.8 Å². The van der Waals surface area contributed by atoms with Crippen LogP contribution in [0.25, 0.3) is 0 Å². The van der Waals surface area contributed by atoms with E-state index in [1.807, 2.05) is 25.1 Å². The predicted molar refractivity (Wildman–Crippen MR) is 128 cm³/mol. The third-order valence-electron chi connectivity index (χ3n) is 5.13. The van der Waals surface area contributed by atoms with E-state index in [4.69, 9.17) is 16.3 Å². The van der Waals surface area contributed by atoms with Gasteiger partial charge in [-0.05, 0) is 61.4 Å². The SMILES string of the molecule is COc1ccc(C)cc1S(=O)(=O)N(CC(=O)N(C)c1ccccc1)c1ccc(C)c(Cl)c1. The Labute approximate surface area is 194 Å². The fourth-order valence-electron chi connectivity index (χ4n) is 3.18. The quantitative estimate of drug-likeness (QED) is 0.494. The number of likely N-dealkylation sites (N-methyl/N-ethyl adjacent to an activating group) is 1. The maximum Gasteiger partial charge on any atom is 0.268 e. The summed E-state index contributed by atoms with van der Waals surface area (Å²) in [5.41, 5.74) is 2.50. The van der Waals surface area contributed by atoms with Gasteiger partial charge in [-0.2, -0.15) is 0 Å². The number of aryl methyl sites for hydroxylation is 2. The van der Waals surface area contributed by atoms with Crippen molar-refractivity contribution in [1.29, 1.82) is 0 Å². The Morgan fingerprint density at radius 1 is 0.969 bits per heavy atom. The lowest BCUT2D eigenvalue weighted by Gasteiger charge is -2.27. The number of carbonyl (C=O) groups is 1. The highest BCUT2D eigenvalue weighted by Crippen LogP contribution is 2.33. The molecule has 0 aliphatic carbocycles. The zero-order chi connectivity index (χ0) is 23.5. The molecule has 168 valence electrons. The highest BCUT2D eigenvalue weighted by molar-refractivity contribution is 7.93. The Morgan fingerprint density at radius 3 is 2.28 bits per heavy atom. The number of halogens is 1. The molecule has 0 fully saturated rings. The monoisotopic (exact) mass is 472 g/mol. The molecule has 3 rings (SSSR count). The minimum Gasteiger partial charge on any atom is -0.495 e. The van der Waals surface area contributed by atoms with Crippen molar-refractivity contribution in [2.75, 3.05) is 29.9 Å². The summed E-state index contributed by atoms with van der Waals surface area (Å²) in [5.74, 6) is -0.203. The molecule has 3 aromatic carbocycles. The third kappa shape index (κ3) is 4.89. The molecule has 0 radical (unpaired) electrons. The zero-order valence-corrected chi connectivity index (χ0v) is 19.9. The van der Waals surface area contributed by atoms with Crippen molar-refractivity contribution >= 4 is 38.9 Å². The van der Waals surface area contributed by atoms with Gasteiger partial charge in [0, 0.05) is 17.8 Å². The van der Waals surface area contributed by atoms with Gasteiger partial charge in [-0.25, -0.2) is 8.42 Å². The highest BCUT2D eigenvalue weighted by atomic mass is 35.5. The number of anilines is 2. The second-order valence-corrected chi connectivity index (χ2v) is 9.63. The molecule has 0 aliphatic heterocycles. The molecule has 3 aromatic rings. The second kappa shape index (κ2) is 9.63. The van der Waals surface area contributed by atoms with Crippen molar-refractivity contribution in [2.24, 2.45) is 0 Å². The van der Waals surface area contributed by atoms with Crippen LogP contribution in [-0.4, -0.2) is 35.0 Å². The lowest BCUT2D eigenvalue weighted by Crippen LogP contribution is -2.42. The summed E-state index contributed by atoms with van der Waals surface area (Å²) in [4.78, 5) is 14.5. The lowest BCUT2D eigenvalue weighted by molar-refractivity contribution is -0.116. The van der Waals surface area contributed by atoms with Crippen molar-refractivity contribution in [3.63, 3.8) is 0 Å². The molecule has 32 heavy (non-hydrogen) atoms. The van der Waals surface area contributed by atoms with Crippen LogP contribution >= 0.6 is 11.6 Å². The Balaban J connectivity index is 2.10. The van der Waals surface area contributed by atoms with Crippen molar-refractivity contribution in [2.45, 2.75) is 18.7 Å².